The highest BCUT2D eigenvalue weighted by atomic mass is 35.5. The van der Waals surface area contributed by atoms with Crippen molar-refractivity contribution in [2.45, 2.75) is 4.90 Å². The molecule has 0 saturated heterocycles. The van der Waals surface area contributed by atoms with Gasteiger partial charge >= 0.3 is 0 Å². The molecule has 0 fully saturated rings. The molecule has 1 rings (SSSR count). The Morgan fingerprint density at radius 2 is 1.93 bits per heavy atom. The van der Waals surface area contributed by atoms with Gasteiger partial charge in [0.1, 0.15) is 0 Å². The van der Waals surface area contributed by atoms with E-state index >= 15 is 0 Å². The van der Waals surface area contributed by atoms with Gasteiger partial charge in [-0.15, -0.1) is 12.4 Å². The van der Waals surface area contributed by atoms with E-state index in [0.29, 0.717) is 5.69 Å². The van der Waals surface area contributed by atoms with Gasteiger partial charge < -0.3 is 10.6 Å². The molecule has 2 N–H and O–H groups in total. The van der Waals surface area contributed by atoms with Gasteiger partial charge in [-0.2, -0.15) is 0 Å². The molecule has 0 bridgehead atoms. The van der Waals surface area contributed by atoms with Crippen molar-refractivity contribution in [1.29, 1.82) is 0 Å². The third-order valence-electron chi connectivity index (χ3n) is 1.48. The van der Waals surface area contributed by atoms with Gasteiger partial charge in [-0.25, -0.2) is 0 Å². The third kappa shape index (κ3) is 3.47. The molecule has 0 aliphatic heterocycles. The minimum atomic E-state index is -0.0158. The predicted molar refractivity (Wildman–Crippen MR) is 63.0 cm³/mol. The van der Waals surface area contributed by atoms with Crippen LogP contribution in [0.25, 0.3) is 0 Å². The SMILES string of the molecule is CN(C)C(=O)Sc1ccccc1N.Cl. The van der Waals surface area contributed by atoms with Crippen LogP contribution in [-0.2, 0) is 0 Å². The highest BCUT2D eigenvalue weighted by Gasteiger charge is 2.07. The number of amides is 1. The Labute approximate surface area is 94.1 Å². The Hall–Kier alpha value is -0.870. The second-order valence-electron chi connectivity index (χ2n) is 2.80. The number of para-hydroxylation sites is 1. The minimum Gasteiger partial charge on any atom is -0.398 e. The number of hydrogen-bond acceptors (Lipinski definition) is 3. The largest absolute Gasteiger partial charge is 0.398 e. The normalized spacial score (nSPS) is 9.00. The molecule has 0 unspecified atom stereocenters. The first-order valence-corrected chi connectivity index (χ1v) is 4.66. The molecule has 78 valence electrons. The van der Waals surface area contributed by atoms with Crippen LogP contribution in [0, 0.1) is 0 Å². The average Bonchev–Trinajstić information content (AvgIpc) is 2.08. The van der Waals surface area contributed by atoms with Crippen molar-refractivity contribution in [2.75, 3.05) is 19.8 Å². The number of nitrogens with zero attached hydrogens (tertiary/aromatic N) is 1. The molecule has 0 atom stereocenters. The van der Waals surface area contributed by atoms with Crippen molar-refractivity contribution in [3.05, 3.63) is 24.3 Å². The summed E-state index contributed by atoms with van der Waals surface area (Å²) in [6.45, 7) is 0. The zero-order chi connectivity index (χ0) is 9.84. The lowest BCUT2D eigenvalue weighted by molar-refractivity contribution is 0.241. The van der Waals surface area contributed by atoms with E-state index in [0.717, 1.165) is 16.7 Å². The van der Waals surface area contributed by atoms with Gasteiger partial charge in [0.25, 0.3) is 5.24 Å². The maximum absolute atomic E-state index is 11.3. The van der Waals surface area contributed by atoms with Gasteiger partial charge in [0.2, 0.25) is 0 Å². The van der Waals surface area contributed by atoms with E-state index < -0.39 is 0 Å². The fraction of sp³-hybridized carbons (Fsp3) is 0.222. The summed E-state index contributed by atoms with van der Waals surface area (Å²) in [6, 6.07) is 7.33. The highest BCUT2D eigenvalue weighted by Crippen LogP contribution is 2.25. The van der Waals surface area contributed by atoms with E-state index in [1.54, 1.807) is 20.2 Å². The van der Waals surface area contributed by atoms with Gasteiger partial charge in [-0.1, -0.05) is 12.1 Å². The quantitative estimate of drug-likeness (QED) is 0.598. The standard InChI is InChI=1S/C9H12N2OS.ClH/c1-11(2)9(12)13-8-6-4-3-5-7(8)10;/h3-6H,10H2,1-2H3;1H. The summed E-state index contributed by atoms with van der Waals surface area (Å²) < 4.78 is 0. The number of benzene rings is 1. The Morgan fingerprint density at radius 3 is 2.43 bits per heavy atom. The lowest BCUT2D eigenvalue weighted by atomic mass is 10.3. The summed E-state index contributed by atoms with van der Waals surface area (Å²) in [4.78, 5) is 13.6. The van der Waals surface area contributed by atoms with E-state index in [4.69, 9.17) is 5.73 Å². The Balaban J connectivity index is 0.00000169. The number of rotatable bonds is 1. The van der Waals surface area contributed by atoms with Crippen LogP contribution in [0.15, 0.2) is 29.2 Å². The van der Waals surface area contributed by atoms with Crippen LogP contribution in [0.5, 0.6) is 0 Å². The number of halogens is 1. The van der Waals surface area contributed by atoms with E-state index in [1.807, 2.05) is 18.2 Å². The number of nitrogens with two attached hydrogens (primary N) is 1. The number of carbonyl (C=O) groups is 1. The van der Waals surface area contributed by atoms with Crippen LogP contribution in [0.3, 0.4) is 0 Å². The van der Waals surface area contributed by atoms with Gasteiger partial charge in [-0.05, 0) is 23.9 Å². The Morgan fingerprint density at radius 1 is 1.36 bits per heavy atom. The first kappa shape index (κ1) is 13.1. The topological polar surface area (TPSA) is 46.3 Å². The second-order valence-corrected chi connectivity index (χ2v) is 3.79. The molecular formula is C9H13ClN2OS. The van der Waals surface area contributed by atoms with Crippen LogP contribution in [0.2, 0.25) is 0 Å². The fourth-order valence-electron chi connectivity index (χ4n) is 0.759. The number of hydrogen-bond donors (Lipinski definition) is 1. The molecule has 5 heteroatoms. The summed E-state index contributed by atoms with van der Waals surface area (Å²) in [5.74, 6) is 0. The summed E-state index contributed by atoms with van der Waals surface area (Å²) in [6.07, 6.45) is 0. The summed E-state index contributed by atoms with van der Waals surface area (Å²) in [7, 11) is 3.43. The predicted octanol–water partition coefficient (Wildman–Crippen LogP) is 2.46. The van der Waals surface area contributed by atoms with Crippen LogP contribution < -0.4 is 5.73 Å². The van der Waals surface area contributed by atoms with E-state index in [9.17, 15) is 4.79 Å². The number of anilines is 1. The molecule has 0 saturated carbocycles. The molecule has 0 spiro atoms. The van der Waals surface area contributed by atoms with E-state index in [-0.39, 0.29) is 17.6 Å². The summed E-state index contributed by atoms with van der Waals surface area (Å²) in [5, 5.41) is -0.0158. The maximum atomic E-state index is 11.3. The molecule has 1 aromatic carbocycles. The monoisotopic (exact) mass is 232 g/mol. The van der Waals surface area contributed by atoms with Crippen molar-refractivity contribution in [2.24, 2.45) is 0 Å². The van der Waals surface area contributed by atoms with Gasteiger partial charge in [0.15, 0.2) is 0 Å². The maximum Gasteiger partial charge on any atom is 0.286 e. The lowest BCUT2D eigenvalue weighted by Crippen LogP contribution is -2.16. The Kier molecular flexibility index (Phi) is 5.42. The van der Waals surface area contributed by atoms with Crippen molar-refractivity contribution >= 4 is 35.1 Å². The third-order valence-corrected chi connectivity index (χ3v) is 2.61. The van der Waals surface area contributed by atoms with Crippen LogP contribution in [0.4, 0.5) is 10.5 Å². The zero-order valence-electron chi connectivity index (χ0n) is 8.06. The van der Waals surface area contributed by atoms with Gasteiger partial charge in [0.05, 0.1) is 0 Å². The van der Waals surface area contributed by atoms with Gasteiger partial charge in [0, 0.05) is 24.7 Å². The average molecular weight is 233 g/mol. The first-order valence-electron chi connectivity index (χ1n) is 3.85. The molecular weight excluding hydrogens is 220 g/mol. The van der Waals surface area contributed by atoms with Crippen LogP contribution >= 0.6 is 24.2 Å². The van der Waals surface area contributed by atoms with Crippen LogP contribution in [0.1, 0.15) is 0 Å². The molecule has 0 aliphatic rings. The molecule has 3 nitrogen and oxygen atoms in total. The zero-order valence-corrected chi connectivity index (χ0v) is 9.69. The number of carbonyl (C=O) groups excluding carboxylic acids is 1. The van der Waals surface area contributed by atoms with Crippen molar-refractivity contribution in [3.8, 4) is 0 Å². The molecule has 1 amide bonds. The fourth-order valence-corrected chi connectivity index (χ4v) is 1.46. The van der Waals surface area contributed by atoms with Crippen molar-refractivity contribution < 1.29 is 4.79 Å². The molecule has 14 heavy (non-hydrogen) atoms. The second kappa shape index (κ2) is 5.78. The van der Waals surface area contributed by atoms with Gasteiger partial charge in [-0.3, -0.25) is 4.79 Å². The number of nitrogen functional groups attached to an aromatic ring is 1. The summed E-state index contributed by atoms with van der Waals surface area (Å²) in [5.41, 5.74) is 6.32. The smallest absolute Gasteiger partial charge is 0.286 e. The first-order chi connectivity index (χ1) is 6.11. The minimum absolute atomic E-state index is 0. The van der Waals surface area contributed by atoms with Crippen molar-refractivity contribution in [1.82, 2.24) is 4.90 Å². The van der Waals surface area contributed by atoms with Crippen LogP contribution in [-0.4, -0.2) is 24.2 Å². The molecule has 0 aromatic heterocycles. The van der Waals surface area contributed by atoms with Crippen molar-refractivity contribution in [3.63, 3.8) is 0 Å². The van der Waals surface area contributed by atoms with E-state index in [2.05, 4.69) is 0 Å². The Bertz CT molecular complexity index is 317. The molecule has 0 radical (unpaired) electrons. The highest BCUT2D eigenvalue weighted by molar-refractivity contribution is 8.13. The molecule has 0 heterocycles. The molecule has 1 aromatic rings. The van der Waals surface area contributed by atoms with E-state index in [1.165, 1.54) is 4.90 Å². The number of thioether (sulfide) groups is 1. The summed E-state index contributed by atoms with van der Waals surface area (Å²) >= 11 is 1.14. The molecule has 0 aliphatic carbocycles. The lowest BCUT2D eigenvalue weighted by Gasteiger charge is -2.09.